The number of hydrogen-bond acceptors (Lipinski definition) is 2. The summed E-state index contributed by atoms with van der Waals surface area (Å²) < 4.78 is 13.2. The normalized spacial score (nSPS) is 12.4. The van der Waals surface area contributed by atoms with Gasteiger partial charge < -0.3 is 5.11 Å². The third-order valence-electron chi connectivity index (χ3n) is 2.04. The topological polar surface area (TPSA) is 37.3 Å². The average molecular weight is 228 g/mol. The standard InChI is InChI=1S/C11H13FO2S/c1-2-10(11(13)14)15-7-8-5-3-4-6-9(8)12/h3-6,10H,2,7H2,1H3,(H,13,14). The summed E-state index contributed by atoms with van der Waals surface area (Å²) in [6.07, 6.45) is 0.550. The zero-order chi connectivity index (χ0) is 11.3. The zero-order valence-electron chi connectivity index (χ0n) is 8.44. The van der Waals surface area contributed by atoms with E-state index in [2.05, 4.69) is 0 Å². The highest BCUT2D eigenvalue weighted by molar-refractivity contribution is 7.99. The molecular formula is C11H13FO2S. The van der Waals surface area contributed by atoms with Gasteiger partial charge in [-0.05, 0) is 18.1 Å². The first kappa shape index (κ1) is 12.0. The second kappa shape index (κ2) is 5.75. The zero-order valence-corrected chi connectivity index (χ0v) is 9.26. The van der Waals surface area contributed by atoms with Gasteiger partial charge in [0, 0.05) is 5.75 Å². The maximum absolute atomic E-state index is 13.2. The lowest BCUT2D eigenvalue weighted by atomic mass is 10.2. The van der Waals surface area contributed by atoms with Crippen LogP contribution < -0.4 is 0 Å². The van der Waals surface area contributed by atoms with Crippen LogP contribution in [0.25, 0.3) is 0 Å². The summed E-state index contributed by atoms with van der Waals surface area (Å²) in [5.41, 5.74) is 0.558. The number of carboxylic acid groups (broad SMARTS) is 1. The van der Waals surface area contributed by atoms with Crippen molar-refractivity contribution in [1.82, 2.24) is 0 Å². The van der Waals surface area contributed by atoms with Gasteiger partial charge in [0.05, 0.1) is 0 Å². The molecule has 0 radical (unpaired) electrons. The van der Waals surface area contributed by atoms with Crippen molar-refractivity contribution in [2.45, 2.75) is 24.3 Å². The molecule has 1 aromatic rings. The number of thioether (sulfide) groups is 1. The van der Waals surface area contributed by atoms with E-state index in [1.54, 1.807) is 18.2 Å². The molecule has 0 spiro atoms. The Kier molecular flexibility index (Phi) is 4.62. The molecular weight excluding hydrogens is 215 g/mol. The van der Waals surface area contributed by atoms with Gasteiger partial charge in [-0.1, -0.05) is 25.1 Å². The molecule has 0 aliphatic carbocycles. The Bertz CT molecular complexity index is 341. The molecule has 1 unspecified atom stereocenters. The first-order valence-corrected chi connectivity index (χ1v) is 5.77. The molecule has 0 heterocycles. The molecule has 0 bridgehead atoms. The smallest absolute Gasteiger partial charge is 0.316 e. The van der Waals surface area contributed by atoms with Crippen LogP contribution in [0.2, 0.25) is 0 Å². The minimum absolute atomic E-state index is 0.273. The van der Waals surface area contributed by atoms with E-state index in [-0.39, 0.29) is 5.82 Å². The van der Waals surface area contributed by atoms with Gasteiger partial charge in [0.2, 0.25) is 0 Å². The maximum atomic E-state index is 13.2. The molecule has 82 valence electrons. The Labute approximate surface area is 92.5 Å². The van der Waals surface area contributed by atoms with Crippen molar-refractivity contribution in [3.8, 4) is 0 Å². The van der Waals surface area contributed by atoms with Crippen LogP contribution in [0.4, 0.5) is 4.39 Å². The van der Waals surface area contributed by atoms with Crippen LogP contribution in [-0.2, 0) is 10.5 Å². The molecule has 2 nitrogen and oxygen atoms in total. The first-order valence-electron chi connectivity index (χ1n) is 4.73. The summed E-state index contributed by atoms with van der Waals surface area (Å²) in [4.78, 5) is 10.7. The molecule has 4 heteroatoms. The lowest BCUT2D eigenvalue weighted by Gasteiger charge is -2.09. The monoisotopic (exact) mass is 228 g/mol. The largest absolute Gasteiger partial charge is 0.480 e. The Morgan fingerprint density at radius 1 is 1.53 bits per heavy atom. The number of carbonyl (C=O) groups is 1. The highest BCUT2D eigenvalue weighted by Gasteiger charge is 2.15. The van der Waals surface area contributed by atoms with E-state index >= 15 is 0 Å². The highest BCUT2D eigenvalue weighted by atomic mass is 32.2. The summed E-state index contributed by atoms with van der Waals surface area (Å²) in [5, 5.41) is 8.35. The van der Waals surface area contributed by atoms with Crippen LogP contribution in [0.3, 0.4) is 0 Å². The molecule has 0 saturated carbocycles. The van der Waals surface area contributed by atoms with E-state index in [1.165, 1.54) is 17.8 Å². The minimum atomic E-state index is -0.834. The number of carboxylic acids is 1. The fourth-order valence-electron chi connectivity index (χ4n) is 1.17. The fraction of sp³-hybridized carbons (Fsp3) is 0.364. The Hall–Kier alpha value is -1.03. The van der Waals surface area contributed by atoms with Gasteiger partial charge in [-0.2, -0.15) is 0 Å². The van der Waals surface area contributed by atoms with E-state index in [0.717, 1.165) is 0 Å². The van der Waals surface area contributed by atoms with Crippen molar-refractivity contribution in [2.75, 3.05) is 0 Å². The highest BCUT2D eigenvalue weighted by Crippen LogP contribution is 2.21. The van der Waals surface area contributed by atoms with E-state index < -0.39 is 11.2 Å². The van der Waals surface area contributed by atoms with Crippen LogP contribution in [0.1, 0.15) is 18.9 Å². The maximum Gasteiger partial charge on any atom is 0.316 e. The van der Waals surface area contributed by atoms with Crippen LogP contribution in [-0.4, -0.2) is 16.3 Å². The predicted octanol–water partition coefficient (Wildman–Crippen LogP) is 2.92. The minimum Gasteiger partial charge on any atom is -0.480 e. The molecule has 1 N–H and O–H groups in total. The summed E-state index contributed by atoms with van der Waals surface area (Å²) in [6, 6.07) is 6.44. The van der Waals surface area contributed by atoms with Crippen molar-refractivity contribution in [3.05, 3.63) is 35.6 Å². The van der Waals surface area contributed by atoms with E-state index in [9.17, 15) is 9.18 Å². The average Bonchev–Trinajstić information content (AvgIpc) is 2.21. The van der Waals surface area contributed by atoms with Gasteiger partial charge in [0.25, 0.3) is 0 Å². The van der Waals surface area contributed by atoms with Crippen LogP contribution in [0.5, 0.6) is 0 Å². The number of aliphatic carboxylic acids is 1. The van der Waals surface area contributed by atoms with Gasteiger partial charge in [-0.3, -0.25) is 4.79 Å². The summed E-state index contributed by atoms with van der Waals surface area (Å²) in [7, 11) is 0. The molecule has 0 aliphatic rings. The molecule has 0 saturated heterocycles. The third-order valence-corrected chi connectivity index (χ3v) is 3.46. The van der Waals surface area contributed by atoms with Gasteiger partial charge >= 0.3 is 5.97 Å². The van der Waals surface area contributed by atoms with Crippen molar-refractivity contribution in [1.29, 1.82) is 0 Å². The molecule has 15 heavy (non-hydrogen) atoms. The van der Waals surface area contributed by atoms with Gasteiger partial charge in [0.15, 0.2) is 0 Å². The SMILES string of the molecule is CCC(SCc1ccccc1F)C(=O)O. The molecule has 0 amide bonds. The quantitative estimate of drug-likeness (QED) is 0.842. The predicted molar refractivity (Wildman–Crippen MR) is 59.4 cm³/mol. The Morgan fingerprint density at radius 2 is 2.20 bits per heavy atom. The first-order chi connectivity index (χ1) is 7.15. The van der Waals surface area contributed by atoms with Crippen molar-refractivity contribution in [3.63, 3.8) is 0 Å². The molecule has 1 aromatic carbocycles. The van der Waals surface area contributed by atoms with Crippen LogP contribution in [0, 0.1) is 5.82 Å². The van der Waals surface area contributed by atoms with Crippen LogP contribution in [0.15, 0.2) is 24.3 Å². The van der Waals surface area contributed by atoms with Crippen molar-refractivity contribution in [2.24, 2.45) is 0 Å². The lowest BCUT2D eigenvalue weighted by molar-refractivity contribution is -0.136. The van der Waals surface area contributed by atoms with Crippen LogP contribution >= 0.6 is 11.8 Å². The third kappa shape index (κ3) is 3.55. The molecule has 1 atom stereocenters. The van der Waals surface area contributed by atoms with Crippen molar-refractivity contribution < 1.29 is 14.3 Å². The summed E-state index contributed by atoms with van der Waals surface area (Å²) in [6.45, 7) is 1.81. The number of halogens is 1. The molecule has 1 rings (SSSR count). The Balaban J connectivity index is 2.56. The van der Waals surface area contributed by atoms with E-state index in [0.29, 0.717) is 17.7 Å². The van der Waals surface area contributed by atoms with E-state index in [1.807, 2.05) is 6.92 Å². The second-order valence-corrected chi connectivity index (χ2v) is 4.33. The summed E-state index contributed by atoms with van der Waals surface area (Å²) >= 11 is 1.26. The fourth-order valence-corrected chi connectivity index (χ4v) is 2.16. The second-order valence-electron chi connectivity index (χ2n) is 3.14. The molecule has 0 aromatic heterocycles. The van der Waals surface area contributed by atoms with E-state index in [4.69, 9.17) is 5.11 Å². The van der Waals surface area contributed by atoms with Gasteiger partial charge in [-0.15, -0.1) is 11.8 Å². The molecule has 0 aliphatic heterocycles. The molecule has 0 fully saturated rings. The number of hydrogen-bond donors (Lipinski definition) is 1. The van der Waals surface area contributed by atoms with Crippen molar-refractivity contribution >= 4 is 17.7 Å². The number of rotatable bonds is 5. The van der Waals surface area contributed by atoms with Gasteiger partial charge in [-0.25, -0.2) is 4.39 Å². The summed E-state index contributed by atoms with van der Waals surface area (Å²) in [5.74, 6) is -0.707. The number of benzene rings is 1. The lowest BCUT2D eigenvalue weighted by Crippen LogP contribution is -2.15. The van der Waals surface area contributed by atoms with Gasteiger partial charge in [0.1, 0.15) is 11.1 Å². The Morgan fingerprint density at radius 3 is 2.73 bits per heavy atom.